The Morgan fingerprint density at radius 2 is 1.89 bits per heavy atom. The van der Waals surface area contributed by atoms with Crippen molar-refractivity contribution < 1.29 is 26.6 Å². The molecule has 0 unspecified atom stereocenters. The molecule has 7 rings (SSSR count). The molecular formula is C27H37IN6O-2. The summed E-state index contributed by atoms with van der Waals surface area (Å²) < 4.78 is 8.18. The number of hydrogen-bond donors (Lipinski definition) is 1. The summed E-state index contributed by atoms with van der Waals surface area (Å²) in [5.41, 5.74) is 7.35. The van der Waals surface area contributed by atoms with E-state index in [0.29, 0.717) is 12.0 Å². The van der Waals surface area contributed by atoms with E-state index in [9.17, 15) is 5.11 Å². The van der Waals surface area contributed by atoms with Crippen molar-refractivity contribution in [2.45, 2.75) is 96.9 Å². The summed E-state index contributed by atoms with van der Waals surface area (Å²) in [6.07, 6.45) is 10.4. The number of rotatable bonds is 6. The van der Waals surface area contributed by atoms with Gasteiger partial charge < -0.3 is 10.4 Å². The van der Waals surface area contributed by atoms with Gasteiger partial charge in [-0.05, 0) is 6.54 Å². The number of anilines is 1. The van der Waals surface area contributed by atoms with E-state index in [0.717, 1.165) is 31.7 Å². The molecule has 2 aromatic heterocycles. The van der Waals surface area contributed by atoms with E-state index in [-0.39, 0.29) is 27.0 Å². The monoisotopic (exact) mass is 588 g/mol. The Hall–Kier alpha value is -1.52. The Bertz CT molecular complexity index is 1150. The van der Waals surface area contributed by atoms with Crippen LogP contribution < -0.4 is 36.8 Å². The number of nitrogens with one attached hydrogen (secondary N) is 1. The van der Waals surface area contributed by atoms with Gasteiger partial charge in [0.25, 0.3) is 0 Å². The van der Waals surface area contributed by atoms with Crippen LogP contribution in [-0.4, -0.2) is 45.2 Å². The molecule has 0 amide bonds. The second-order valence-corrected chi connectivity index (χ2v) is 14.1. The Morgan fingerprint density at radius 3 is 2.60 bits per heavy atom. The van der Waals surface area contributed by atoms with Crippen LogP contribution in [0.5, 0.6) is 0 Å². The predicted molar refractivity (Wildman–Crippen MR) is 132 cm³/mol. The summed E-state index contributed by atoms with van der Waals surface area (Å²) in [6, 6.07) is 2.24. The van der Waals surface area contributed by atoms with Crippen LogP contribution in [0.15, 0.2) is 9.27 Å². The molecule has 2 aliphatic heterocycles. The first kappa shape index (κ1) is 23.9. The van der Waals surface area contributed by atoms with Gasteiger partial charge in [0.05, 0.1) is 0 Å². The fourth-order valence-electron chi connectivity index (χ4n) is 6.68. The maximum atomic E-state index is 12.2. The molecule has 35 heavy (non-hydrogen) atoms. The van der Waals surface area contributed by atoms with Crippen LogP contribution in [0, 0.1) is 23.0 Å². The summed E-state index contributed by atoms with van der Waals surface area (Å²) in [5.74, 6) is 0. The van der Waals surface area contributed by atoms with Gasteiger partial charge in [-0.3, -0.25) is 0 Å². The molecule has 0 saturated heterocycles. The summed E-state index contributed by atoms with van der Waals surface area (Å²) in [4.78, 5) is 7.27. The van der Waals surface area contributed by atoms with Crippen LogP contribution in [-0.2, 0) is 19.5 Å². The van der Waals surface area contributed by atoms with Crippen LogP contribution >= 0.6 is 0 Å². The predicted octanol–water partition coefficient (Wildman–Crippen LogP) is -0.115. The third-order valence-electron chi connectivity index (χ3n) is 8.88. The quantitative estimate of drug-likeness (QED) is 0.377. The van der Waals surface area contributed by atoms with Crippen molar-refractivity contribution in [3.63, 3.8) is 0 Å². The summed E-state index contributed by atoms with van der Waals surface area (Å²) in [5, 5.41) is 20.9. The van der Waals surface area contributed by atoms with E-state index in [1.54, 1.807) is 13.8 Å². The fourth-order valence-corrected chi connectivity index (χ4v) is 8.52. The number of fused-ring (bicyclic) bond motifs is 5. The maximum absolute atomic E-state index is 12.2. The number of hydrogen-bond acceptors (Lipinski definition) is 6. The molecule has 0 aromatic carbocycles. The molecule has 3 fully saturated rings. The van der Waals surface area contributed by atoms with Crippen molar-refractivity contribution >= 4 is 11.9 Å². The van der Waals surface area contributed by atoms with Gasteiger partial charge in [0.1, 0.15) is 0 Å². The minimum atomic E-state index is -0.899. The van der Waals surface area contributed by atoms with Gasteiger partial charge in [0.2, 0.25) is 0 Å². The van der Waals surface area contributed by atoms with Crippen LogP contribution in [0.3, 0.4) is 0 Å². The molecule has 5 aliphatic rings. The molecule has 3 saturated carbocycles. The molecule has 190 valence electrons. The van der Waals surface area contributed by atoms with Gasteiger partial charge in [0.15, 0.2) is 0 Å². The molecule has 0 radical (unpaired) electrons. The summed E-state index contributed by atoms with van der Waals surface area (Å²) in [7, 11) is 0. The Balaban J connectivity index is 1.18. The van der Waals surface area contributed by atoms with Crippen molar-refractivity contribution in [1.82, 2.24) is 20.1 Å². The van der Waals surface area contributed by atoms with Gasteiger partial charge in [-0.25, -0.2) is 0 Å². The molecular weight excluding hydrogens is 551 g/mol. The van der Waals surface area contributed by atoms with Crippen LogP contribution in [0.25, 0.3) is 0 Å². The molecule has 4 heterocycles. The topological polar surface area (TPSA) is 81.4 Å². The number of aryl methyl sites for hydroxylation is 2. The zero-order valence-corrected chi connectivity index (χ0v) is 23.6. The minimum absolute atomic E-state index is 0.192. The Kier molecular flexibility index (Phi) is 5.80. The first-order valence-electron chi connectivity index (χ1n) is 13.1. The van der Waals surface area contributed by atoms with Gasteiger partial charge in [-0.2, -0.15) is 0 Å². The average Bonchev–Trinajstić information content (AvgIpc) is 3.42. The van der Waals surface area contributed by atoms with E-state index in [2.05, 4.69) is 44.2 Å². The van der Waals surface area contributed by atoms with Gasteiger partial charge in [-0.1, -0.05) is 13.8 Å². The number of nitrogens with zero attached hydrogens (tertiary/aromatic N) is 5. The van der Waals surface area contributed by atoms with E-state index >= 15 is 0 Å². The number of aromatic nitrogens is 3. The van der Waals surface area contributed by atoms with Crippen molar-refractivity contribution in [2.24, 2.45) is 8.62 Å². The molecule has 2 bridgehead atoms. The molecule has 7 nitrogen and oxygen atoms in total. The average molecular weight is 589 g/mol. The van der Waals surface area contributed by atoms with Gasteiger partial charge in [-0.15, -0.1) is 5.60 Å². The SMILES string of the molecule is Cc1cc(N2CCc3c(c(C)nn3CC34CCC(NCC(C)(C)[O-])(CC3)CC4)C2)c2c(n1)[I-]N=C2. The van der Waals surface area contributed by atoms with Gasteiger partial charge in [0, 0.05) is 5.54 Å². The fraction of sp³-hybridized carbons (Fsp3) is 0.667. The van der Waals surface area contributed by atoms with Crippen LogP contribution in [0.1, 0.15) is 80.6 Å². The second kappa shape index (κ2) is 8.52. The molecule has 3 aliphatic carbocycles. The molecule has 2 aromatic rings. The Morgan fingerprint density at radius 1 is 1.14 bits per heavy atom. The summed E-state index contributed by atoms with van der Waals surface area (Å²) >= 11 is -0.321. The van der Waals surface area contributed by atoms with Crippen LogP contribution in [0.2, 0.25) is 0 Å². The summed E-state index contributed by atoms with van der Waals surface area (Å²) in [6.45, 7) is 11.4. The standard InChI is InChI=1S/C27H37IN6O/c1-18-13-23(20-14-30-28-24(20)31-18)33-12-5-22-21(15-33)19(2)32-34(22)17-26-6-9-27(10-7-26,11-8-26)29-16-25(3,4)35/h13-14,29H,5-12,15-17H2,1-4H3/q-2. The molecule has 1 N–H and O–H groups in total. The van der Waals surface area contributed by atoms with E-state index in [4.69, 9.17) is 10.1 Å². The van der Waals surface area contributed by atoms with Crippen molar-refractivity contribution in [1.29, 1.82) is 0 Å². The number of pyridine rings is 1. The van der Waals surface area contributed by atoms with Crippen molar-refractivity contribution in [2.75, 3.05) is 18.0 Å². The second-order valence-electron chi connectivity index (χ2n) is 12.0. The zero-order valence-electron chi connectivity index (χ0n) is 21.5. The number of halogens is 1. The molecule has 0 spiro atoms. The van der Waals surface area contributed by atoms with Gasteiger partial charge >= 0.3 is 178 Å². The van der Waals surface area contributed by atoms with Crippen molar-refractivity contribution in [3.8, 4) is 0 Å². The third-order valence-corrected chi connectivity index (χ3v) is 10.7. The first-order valence-corrected chi connectivity index (χ1v) is 15.1. The van der Waals surface area contributed by atoms with E-state index in [1.165, 1.54) is 70.4 Å². The Labute approximate surface area is 219 Å². The van der Waals surface area contributed by atoms with E-state index < -0.39 is 5.60 Å². The van der Waals surface area contributed by atoms with Crippen LogP contribution in [0.4, 0.5) is 5.69 Å². The third kappa shape index (κ3) is 4.44. The zero-order chi connectivity index (χ0) is 24.4. The van der Waals surface area contributed by atoms with E-state index in [1.807, 2.05) is 0 Å². The normalized spacial score (nSPS) is 27.6. The van der Waals surface area contributed by atoms with Crippen molar-refractivity contribution in [3.05, 3.63) is 38.0 Å². The molecule has 8 heteroatoms. The molecule has 0 atom stereocenters. The first-order chi connectivity index (χ1) is 16.6.